The molecule has 4 rings (SSSR count). The predicted octanol–water partition coefficient (Wildman–Crippen LogP) is 4.18. The molecule has 31 heavy (non-hydrogen) atoms. The van der Waals surface area contributed by atoms with Crippen LogP contribution in [0.2, 0.25) is 0 Å². The molecule has 0 fully saturated rings. The van der Waals surface area contributed by atoms with Crippen LogP contribution in [-0.2, 0) is 25.2 Å². The molecule has 1 N–H and O–H groups in total. The molecule has 5 nitrogen and oxygen atoms in total. The maximum Gasteiger partial charge on any atom is 0.416 e. The van der Waals surface area contributed by atoms with Crippen molar-refractivity contribution < 1.29 is 31.1 Å². The van der Waals surface area contributed by atoms with E-state index in [1.165, 1.54) is 23.1 Å². The quantitative estimate of drug-likeness (QED) is 0.622. The van der Waals surface area contributed by atoms with Gasteiger partial charge >= 0.3 is 12.4 Å². The minimum Gasteiger partial charge on any atom is -0.352 e. The summed E-state index contributed by atoms with van der Waals surface area (Å²) in [6.45, 7) is 0.430. The number of carbonyl (C=O) groups is 1. The van der Waals surface area contributed by atoms with Crippen LogP contribution in [-0.4, -0.2) is 27.2 Å². The topological polar surface area (TPSA) is 59.8 Å². The molecule has 3 aromatic rings. The van der Waals surface area contributed by atoms with Crippen molar-refractivity contribution >= 4 is 5.91 Å². The van der Waals surface area contributed by atoms with Crippen molar-refractivity contribution in [3.63, 3.8) is 0 Å². The molecule has 0 bridgehead atoms. The van der Waals surface area contributed by atoms with Gasteiger partial charge in [0.1, 0.15) is 0 Å². The third-order valence-corrected chi connectivity index (χ3v) is 4.84. The SMILES string of the molecule is O=C1NCCc2c1cnn2-c1ccnc(Cc2cc(C(F)(F)F)cc(C(F)(F)F)c2)c1. The molecule has 0 spiro atoms. The number of hydrogen-bond donors (Lipinski definition) is 1. The predicted molar refractivity (Wildman–Crippen MR) is 96.6 cm³/mol. The third kappa shape index (κ3) is 4.25. The number of rotatable bonds is 3. The third-order valence-electron chi connectivity index (χ3n) is 4.84. The molecule has 2 aromatic heterocycles. The zero-order chi connectivity index (χ0) is 22.4. The van der Waals surface area contributed by atoms with E-state index < -0.39 is 23.5 Å². The number of fused-ring (bicyclic) bond motifs is 1. The minimum absolute atomic E-state index is 0.0917. The number of hydrogen-bond acceptors (Lipinski definition) is 3. The summed E-state index contributed by atoms with van der Waals surface area (Å²) in [5.74, 6) is -0.259. The molecule has 1 aliphatic heterocycles. The zero-order valence-electron chi connectivity index (χ0n) is 15.7. The van der Waals surface area contributed by atoms with Crippen LogP contribution in [0.5, 0.6) is 0 Å². The van der Waals surface area contributed by atoms with E-state index in [4.69, 9.17) is 0 Å². The highest BCUT2D eigenvalue weighted by atomic mass is 19.4. The van der Waals surface area contributed by atoms with Gasteiger partial charge in [0.15, 0.2) is 0 Å². The van der Waals surface area contributed by atoms with Crippen molar-refractivity contribution in [3.8, 4) is 5.69 Å². The molecular formula is C20H14F6N4O. The molecule has 162 valence electrons. The monoisotopic (exact) mass is 440 g/mol. The summed E-state index contributed by atoms with van der Waals surface area (Å²) in [6, 6.07) is 4.58. The van der Waals surface area contributed by atoms with Crippen LogP contribution >= 0.6 is 0 Å². The van der Waals surface area contributed by atoms with Crippen molar-refractivity contribution in [1.82, 2.24) is 20.1 Å². The Morgan fingerprint density at radius 2 is 1.68 bits per heavy atom. The fourth-order valence-corrected chi connectivity index (χ4v) is 3.44. The van der Waals surface area contributed by atoms with Crippen LogP contribution in [0.4, 0.5) is 26.3 Å². The van der Waals surface area contributed by atoms with Crippen LogP contribution < -0.4 is 5.32 Å². The number of pyridine rings is 1. The molecule has 0 radical (unpaired) electrons. The van der Waals surface area contributed by atoms with E-state index >= 15 is 0 Å². The number of nitrogens with one attached hydrogen (secondary N) is 1. The van der Waals surface area contributed by atoms with Crippen LogP contribution in [0.1, 0.15) is 38.4 Å². The van der Waals surface area contributed by atoms with Crippen LogP contribution in [0.25, 0.3) is 5.69 Å². The summed E-state index contributed by atoms with van der Waals surface area (Å²) >= 11 is 0. The highest BCUT2D eigenvalue weighted by Gasteiger charge is 2.36. The van der Waals surface area contributed by atoms with E-state index in [9.17, 15) is 31.1 Å². The molecule has 0 atom stereocenters. The average molecular weight is 440 g/mol. The first-order valence-electron chi connectivity index (χ1n) is 9.11. The summed E-state index contributed by atoms with van der Waals surface area (Å²) in [4.78, 5) is 16.0. The lowest BCUT2D eigenvalue weighted by atomic mass is 10.0. The zero-order valence-corrected chi connectivity index (χ0v) is 15.7. The summed E-state index contributed by atoms with van der Waals surface area (Å²) in [5.41, 5.74) is -1.08. The largest absolute Gasteiger partial charge is 0.416 e. The Kier molecular flexibility index (Phi) is 4.98. The number of halogens is 6. The molecule has 0 aliphatic carbocycles. The number of aromatic nitrogens is 3. The Bertz CT molecular complexity index is 1120. The van der Waals surface area contributed by atoms with Gasteiger partial charge in [-0.1, -0.05) is 0 Å². The maximum atomic E-state index is 13.1. The van der Waals surface area contributed by atoms with Crippen molar-refractivity contribution in [2.75, 3.05) is 6.54 Å². The number of benzene rings is 1. The van der Waals surface area contributed by atoms with Crippen molar-refractivity contribution in [2.45, 2.75) is 25.2 Å². The number of amides is 1. The molecule has 0 saturated heterocycles. The first-order valence-corrected chi connectivity index (χ1v) is 9.11. The van der Waals surface area contributed by atoms with Crippen LogP contribution in [0.15, 0.2) is 42.7 Å². The summed E-state index contributed by atoms with van der Waals surface area (Å²) in [5, 5.41) is 6.88. The fourth-order valence-electron chi connectivity index (χ4n) is 3.44. The van der Waals surface area contributed by atoms with Gasteiger partial charge in [0.2, 0.25) is 0 Å². The molecule has 1 aromatic carbocycles. The number of carbonyl (C=O) groups excluding carboxylic acids is 1. The fraction of sp³-hybridized carbons (Fsp3) is 0.250. The number of alkyl halides is 6. The molecule has 0 unspecified atom stereocenters. The lowest BCUT2D eigenvalue weighted by molar-refractivity contribution is -0.143. The second-order valence-corrected chi connectivity index (χ2v) is 7.02. The standard InChI is InChI=1S/C20H14F6N4O/c21-19(22,23)12-5-11(6-13(8-12)20(24,25)26)7-14-9-15(1-3-27-14)30-17-2-4-28-18(31)16(17)10-29-30/h1,3,5-6,8-10H,2,4,7H2,(H,28,31). The molecule has 1 amide bonds. The van der Waals surface area contributed by atoms with Gasteiger partial charge in [0.25, 0.3) is 5.91 Å². The second kappa shape index (κ2) is 7.40. The van der Waals surface area contributed by atoms with Crippen molar-refractivity contribution in [1.29, 1.82) is 0 Å². The minimum atomic E-state index is -4.92. The molecule has 3 heterocycles. The van der Waals surface area contributed by atoms with Gasteiger partial charge in [-0.05, 0) is 35.9 Å². The lowest BCUT2D eigenvalue weighted by Gasteiger charge is -2.16. The molecule has 11 heteroatoms. The van der Waals surface area contributed by atoms with E-state index in [1.54, 1.807) is 6.07 Å². The first-order chi connectivity index (χ1) is 14.5. The lowest BCUT2D eigenvalue weighted by Crippen LogP contribution is -2.32. The van der Waals surface area contributed by atoms with Gasteiger partial charge in [-0.15, -0.1) is 0 Å². The summed E-state index contributed by atoms with van der Waals surface area (Å²) in [7, 11) is 0. The highest BCUT2D eigenvalue weighted by molar-refractivity contribution is 5.96. The molecule has 1 aliphatic rings. The Labute approximate surface area is 171 Å². The van der Waals surface area contributed by atoms with E-state index in [-0.39, 0.29) is 29.7 Å². The van der Waals surface area contributed by atoms with E-state index in [2.05, 4.69) is 15.4 Å². The van der Waals surface area contributed by atoms with E-state index in [1.807, 2.05) is 0 Å². The second-order valence-electron chi connectivity index (χ2n) is 7.02. The normalized spacial score (nSPS) is 14.3. The van der Waals surface area contributed by atoms with Gasteiger partial charge in [0, 0.05) is 31.3 Å². The Morgan fingerprint density at radius 1 is 1.00 bits per heavy atom. The van der Waals surface area contributed by atoms with Crippen molar-refractivity contribution in [2.24, 2.45) is 0 Å². The maximum absolute atomic E-state index is 13.1. The van der Waals surface area contributed by atoms with Gasteiger partial charge in [-0.3, -0.25) is 9.78 Å². The van der Waals surface area contributed by atoms with Gasteiger partial charge < -0.3 is 5.32 Å². The van der Waals surface area contributed by atoms with Crippen molar-refractivity contribution in [3.05, 3.63) is 76.4 Å². The van der Waals surface area contributed by atoms with Gasteiger partial charge in [0.05, 0.1) is 34.3 Å². The van der Waals surface area contributed by atoms with Gasteiger partial charge in [-0.25, -0.2) is 4.68 Å². The van der Waals surface area contributed by atoms with E-state index in [0.29, 0.717) is 42.0 Å². The first kappa shape index (κ1) is 20.9. The Balaban J connectivity index is 1.70. The summed E-state index contributed by atoms with van der Waals surface area (Å²) in [6.07, 6.45) is -6.75. The highest BCUT2D eigenvalue weighted by Crippen LogP contribution is 2.36. The van der Waals surface area contributed by atoms with E-state index in [0.717, 1.165) is 0 Å². The summed E-state index contributed by atoms with van der Waals surface area (Å²) < 4.78 is 80.1. The average Bonchev–Trinajstić information content (AvgIpc) is 3.12. The van der Waals surface area contributed by atoms with Gasteiger partial charge in [-0.2, -0.15) is 31.4 Å². The van der Waals surface area contributed by atoms with Crippen LogP contribution in [0.3, 0.4) is 0 Å². The Morgan fingerprint density at radius 3 is 2.32 bits per heavy atom. The molecular weight excluding hydrogens is 426 g/mol. The van der Waals surface area contributed by atoms with Crippen LogP contribution in [0, 0.1) is 0 Å². The Hall–Kier alpha value is -3.37. The smallest absolute Gasteiger partial charge is 0.352 e. The molecule has 0 saturated carbocycles. The number of nitrogens with zero attached hydrogens (tertiary/aromatic N) is 3.